The first-order chi connectivity index (χ1) is 7.86. The van der Waals surface area contributed by atoms with Gasteiger partial charge in [-0.2, -0.15) is 0 Å². The van der Waals surface area contributed by atoms with Crippen molar-refractivity contribution in [3.8, 4) is 0 Å². The van der Waals surface area contributed by atoms with Gasteiger partial charge in [0.15, 0.2) is 0 Å². The Kier molecular flexibility index (Phi) is 2.74. The second kappa shape index (κ2) is 4.23. The average molecular weight is 219 g/mol. The van der Waals surface area contributed by atoms with Gasteiger partial charge in [-0.25, -0.2) is 0 Å². The van der Waals surface area contributed by atoms with Gasteiger partial charge in [-0.1, -0.05) is 25.0 Å². The SMILES string of the molecule is O=C(C1CC=CC1)N1CCC2CCCCC21. The number of hydrogen-bond acceptors (Lipinski definition) is 1. The fraction of sp³-hybridized carbons (Fsp3) is 0.786. The summed E-state index contributed by atoms with van der Waals surface area (Å²) < 4.78 is 0. The number of likely N-dealkylation sites (tertiary alicyclic amines) is 1. The number of amides is 1. The lowest BCUT2D eigenvalue weighted by atomic mass is 9.85. The normalized spacial score (nSPS) is 34.4. The first-order valence-corrected chi connectivity index (χ1v) is 6.82. The summed E-state index contributed by atoms with van der Waals surface area (Å²) in [6, 6.07) is 0.599. The van der Waals surface area contributed by atoms with Crippen LogP contribution in [0.15, 0.2) is 12.2 Å². The van der Waals surface area contributed by atoms with Gasteiger partial charge in [0.2, 0.25) is 5.91 Å². The van der Waals surface area contributed by atoms with E-state index < -0.39 is 0 Å². The fourth-order valence-electron chi connectivity index (χ4n) is 3.73. The molecule has 1 aliphatic heterocycles. The molecule has 0 bridgehead atoms. The Labute approximate surface area is 97.7 Å². The van der Waals surface area contributed by atoms with Crippen molar-refractivity contribution in [3.05, 3.63) is 12.2 Å². The zero-order chi connectivity index (χ0) is 11.0. The third kappa shape index (κ3) is 1.68. The largest absolute Gasteiger partial charge is 0.339 e. The summed E-state index contributed by atoms with van der Waals surface area (Å²) in [6.07, 6.45) is 12.9. The third-order valence-corrected chi connectivity index (χ3v) is 4.65. The van der Waals surface area contributed by atoms with Crippen LogP contribution in [0.1, 0.15) is 44.9 Å². The molecular weight excluding hydrogens is 198 g/mol. The van der Waals surface area contributed by atoms with Crippen molar-refractivity contribution in [3.63, 3.8) is 0 Å². The van der Waals surface area contributed by atoms with Crippen LogP contribution >= 0.6 is 0 Å². The second-order valence-corrected chi connectivity index (χ2v) is 5.57. The smallest absolute Gasteiger partial charge is 0.226 e. The minimum atomic E-state index is 0.278. The van der Waals surface area contributed by atoms with Crippen LogP contribution in [0.5, 0.6) is 0 Å². The molecule has 16 heavy (non-hydrogen) atoms. The van der Waals surface area contributed by atoms with Crippen LogP contribution in [-0.4, -0.2) is 23.4 Å². The molecule has 2 fully saturated rings. The van der Waals surface area contributed by atoms with E-state index in [0.717, 1.165) is 25.3 Å². The average Bonchev–Trinajstić information content (AvgIpc) is 2.98. The van der Waals surface area contributed by atoms with Gasteiger partial charge in [-0.3, -0.25) is 4.79 Å². The molecule has 88 valence electrons. The lowest BCUT2D eigenvalue weighted by Crippen LogP contribution is -2.41. The summed E-state index contributed by atoms with van der Waals surface area (Å²) in [5, 5.41) is 0. The summed E-state index contributed by atoms with van der Waals surface area (Å²) >= 11 is 0. The quantitative estimate of drug-likeness (QED) is 0.621. The van der Waals surface area contributed by atoms with Crippen LogP contribution < -0.4 is 0 Å². The minimum Gasteiger partial charge on any atom is -0.339 e. The van der Waals surface area contributed by atoms with Crippen molar-refractivity contribution in [2.24, 2.45) is 11.8 Å². The van der Waals surface area contributed by atoms with E-state index >= 15 is 0 Å². The molecule has 0 aromatic carbocycles. The molecule has 0 radical (unpaired) electrons. The molecule has 2 heteroatoms. The van der Waals surface area contributed by atoms with Crippen LogP contribution in [0.25, 0.3) is 0 Å². The number of hydrogen-bond donors (Lipinski definition) is 0. The first-order valence-electron chi connectivity index (χ1n) is 6.82. The monoisotopic (exact) mass is 219 g/mol. The standard InChI is InChI=1S/C14H21NO/c16-14(12-6-1-2-7-12)15-10-9-11-5-3-4-8-13(11)15/h1-2,11-13H,3-10H2. The number of nitrogens with zero attached hydrogens (tertiary/aromatic N) is 1. The minimum absolute atomic E-state index is 0.278. The van der Waals surface area contributed by atoms with E-state index in [0.29, 0.717) is 11.9 Å². The van der Waals surface area contributed by atoms with Gasteiger partial charge < -0.3 is 4.90 Å². The fourth-order valence-corrected chi connectivity index (χ4v) is 3.73. The highest BCUT2D eigenvalue weighted by Gasteiger charge is 2.39. The Morgan fingerprint density at radius 3 is 2.62 bits per heavy atom. The van der Waals surface area contributed by atoms with E-state index in [1.54, 1.807) is 0 Å². The Bertz CT molecular complexity index is 302. The number of carbonyl (C=O) groups is 1. The van der Waals surface area contributed by atoms with Gasteiger partial charge in [0.25, 0.3) is 0 Å². The Hall–Kier alpha value is -0.790. The number of carbonyl (C=O) groups excluding carboxylic acids is 1. The van der Waals surface area contributed by atoms with Crippen LogP contribution in [0.4, 0.5) is 0 Å². The number of rotatable bonds is 1. The molecule has 3 rings (SSSR count). The lowest BCUT2D eigenvalue weighted by molar-refractivity contribution is -0.136. The Morgan fingerprint density at radius 1 is 1.06 bits per heavy atom. The van der Waals surface area contributed by atoms with E-state index in [2.05, 4.69) is 17.1 Å². The zero-order valence-corrected chi connectivity index (χ0v) is 9.90. The molecular formula is C14H21NO. The summed E-state index contributed by atoms with van der Waals surface area (Å²) in [7, 11) is 0. The van der Waals surface area contributed by atoms with Crippen molar-refractivity contribution in [1.82, 2.24) is 4.90 Å². The van der Waals surface area contributed by atoms with Gasteiger partial charge in [-0.15, -0.1) is 0 Å². The highest BCUT2D eigenvalue weighted by Crippen LogP contribution is 2.37. The Balaban J connectivity index is 1.67. The molecule has 2 unspecified atom stereocenters. The van der Waals surface area contributed by atoms with E-state index in [4.69, 9.17) is 0 Å². The summed E-state index contributed by atoms with van der Waals surface area (Å²) in [6.45, 7) is 1.03. The topological polar surface area (TPSA) is 20.3 Å². The predicted octanol–water partition coefficient (Wildman–Crippen LogP) is 2.74. The van der Waals surface area contributed by atoms with E-state index in [-0.39, 0.29) is 5.92 Å². The summed E-state index contributed by atoms with van der Waals surface area (Å²) in [5.41, 5.74) is 0. The molecule has 1 heterocycles. The van der Waals surface area contributed by atoms with Gasteiger partial charge >= 0.3 is 0 Å². The van der Waals surface area contributed by atoms with Crippen LogP contribution in [-0.2, 0) is 4.79 Å². The van der Waals surface area contributed by atoms with E-state index in [1.807, 2.05) is 0 Å². The first kappa shape index (κ1) is 10.4. The van der Waals surface area contributed by atoms with Crippen molar-refractivity contribution in [1.29, 1.82) is 0 Å². The van der Waals surface area contributed by atoms with Gasteiger partial charge in [-0.05, 0) is 38.0 Å². The molecule has 1 saturated heterocycles. The van der Waals surface area contributed by atoms with E-state index in [9.17, 15) is 4.79 Å². The number of allylic oxidation sites excluding steroid dienone is 2. The molecule has 0 N–H and O–H groups in total. The van der Waals surface area contributed by atoms with Crippen molar-refractivity contribution < 1.29 is 4.79 Å². The maximum atomic E-state index is 12.4. The molecule has 2 aliphatic carbocycles. The maximum absolute atomic E-state index is 12.4. The van der Waals surface area contributed by atoms with Gasteiger partial charge in [0.05, 0.1) is 0 Å². The van der Waals surface area contributed by atoms with Gasteiger partial charge in [0.1, 0.15) is 0 Å². The lowest BCUT2D eigenvalue weighted by Gasteiger charge is -2.33. The van der Waals surface area contributed by atoms with Crippen molar-refractivity contribution in [2.75, 3.05) is 6.54 Å². The predicted molar refractivity (Wildman–Crippen MR) is 63.9 cm³/mol. The summed E-state index contributed by atoms with van der Waals surface area (Å²) in [5.74, 6) is 1.55. The Morgan fingerprint density at radius 2 is 1.81 bits per heavy atom. The molecule has 2 nitrogen and oxygen atoms in total. The van der Waals surface area contributed by atoms with Crippen LogP contribution in [0.3, 0.4) is 0 Å². The van der Waals surface area contributed by atoms with Crippen LogP contribution in [0.2, 0.25) is 0 Å². The molecule has 0 aromatic rings. The molecule has 1 saturated carbocycles. The maximum Gasteiger partial charge on any atom is 0.226 e. The van der Waals surface area contributed by atoms with Crippen molar-refractivity contribution in [2.45, 2.75) is 51.0 Å². The van der Waals surface area contributed by atoms with Crippen LogP contribution in [0, 0.1) is 11.8 Å². The molecule has 0 spiro atoms. The van der Waals surface area contributed by atoms with E-state index in [1.165, 1.54) is 32.1 Å². The third-order valence-electron chi connectivity index (χ3n) is 4.65. The second-order valence-electron chi connectivity index (χ2n) is 5.57. The molecule has 2 atom stereocenters. The highest BCUT2D eigenvalue weighted by molar-refractivity contribution is 5.80. The van der Waals surface area contributed by atoms with Gasteiger partial charge in [0, 0.05) is 18.5 Å². The molecule has 3 aliphatic rings. The number of fused-ring (bicyclic) bond motifs is 1. The zero-order valence-electron chi connectivity index (χ0n) is 9.90. The van der Waals surface area contributed by atoms with Crippen molar-refractivity contribution >= 4 is 5.91 Å². The summed E-state index contributed by atoms with van der Waals surface area (Å²) in [4.78, 5) is 14.6. The highest BCUT2D eigenvalue weighted by atomic mass is 16.2. The molecule has 1 amide bonds. The molecule has 0 aromatic heterocycles.